The predicted octanol–water partition coefficient (Wildman–Crippen LogP) is 2.13. The Morgan fingerprint density at radius 1 is 1.41 bits per heavy atom. The van der Waals surface area contributed by atoms with Gasteiger partial charge in [-0.15, -0.1) is 0 Å². The summed E-state index contributed by atoms with van der Waals surface area (Å²) >= 11 is 0. The molecule has 0 bridgehead atoms. The number of amides is 1. The van der Waals surface area contributed by atoms with Crippen LogP contribution < -0.4 is 0 Å². The van der Waals surface area contributed by atoms with Crippen LogP contribution in [0.2, 0.25) is 0 Å². The molecule has 1 N–H and O–H groups in total. The van der Waals surface area contributed by atoms with Gasteiger partial charge in [0.1, 0.15) is 5.54 Å². The first kappa shape index (κ1) is 14.0. The van der Waals surface area contributed by atoms with Gasteiger partial charge in [0.15, 0.2) is 0 Å². The Hall–Kier alpha value is -1.06. The molecule has 1 saturated carbocycles. The van der Waals surface area contributed by atoms with Gasteiger partial charge in [0.05, 0.1) is 0 Å². The lowest BCUT2D eigenvalue weighted by molar-refractivity contribution is -0.171. The molecule has 0 unspecified atom stereocenters. The number of carbonyl (C=O) groups excluding carboxylic acids is 1. The summed E-state index contributed by atoms with van der Waals surface area (Å²) in [6.45, 7) is 8.17. The Morgan fingerprint density at radius 3 is 2.24 bits per heavy atom. The van der Waals surface area contributed by atoms with Gasteiger partial charge in [-0.1, -0.05) is 20.8 Å². The van der Waals surface area contributed by atoms with Crippen LogP contribution in [0.15, 0.2) is 0 Å². The molecule has 17 heavy (non-hydrogen) atoms. The van der Waals surface area contributed by atoms with Crippen molar-refractivity contribution in [1.29, 1.82) is 0 Å². The van der Waals surface area contributed by atoms with E-state index in [0.717, 1.165) is 6.42 Å². The van der Waals surface area contributed by atoms with Crippen LogP contribution in [0.3, 0.4) is 0 Å². The molecule has 0 radical (unpaired) electrons. The smallest absolute Gasteiger partial charge is 0.329 e. The van der Waals surface area contributed by atoms with Crippen molar-refractivity contribution in [2.45, 2.75) is 52.5 Å². The molecule has 4 heteroatoms. The fraction of sp³-hybridized carbons (Fsp3) is 0.846. The number of carboxylic acid groups (broad SMARTS) is 1. The van der Waals surface area contributed by atoms with Crippen LogP contribution in [0.1, 0.15) is 47.0 Å². The molecule has 0 saturated heterocycles. The van der Waals surface area contributed by atoms with Crippen LogP contribution in [0.25, 0.3) is 0 Å². The van der Waals surface area contributed by atoms with Crippen molar-refractivity contribution in [1.82, 2.24) is 4.90 Å². The first-order valence-electron chi connectivity index (χ1n) is 6.36. The SMILES string of the molecule is CCCN(C(C)=O)C1(C(=O)O)CC(C(C)C)C1. The van der Waals surface area contributed by atoms with Crippen molar-refractivity contribution in [3.05, 3.63) is 0 Å². The lowest BCUT2D eigenvalue weighted by atomic mass is 9.63. The van der Waals surface area contributed by atoms with Gasteiger partial charge < -0.3 is 10.0 Å². The van der Waals surface area contributed by atoms with Gasteiger partial charge >= 0.3 is 5.97 Å². The molecule has 0 aromatic rings. The summed E-state index contributed by atoms with van der Waals surface area (Å²) in [6, 6.07) is 0. The maximum absolute atomic E-state index is 11.6. The molecule has 0 aromatic heterocycles. The highest BCUT2D eigenvalue weighted by molar-refractivity contribution is 5.87. The Bertz CT molecular complexity index is 306. The summed E-state index contributed by atoms with van der Waals surface area (Å²) in [6.07, 6.45) is 1.99. The minimum atomic E-state index is -0.934. The molecule has 1 aliphatic carbocycles. The van der Waals surface area contributed by atoms with Gasteiger partial charge in [-0.3, -0.25) is 4.79 Å². The summed E-state index contributed by atoms with van der Waals surface area (Å²) in [5, 5.41) is 9.44. The fourth-order valence-corrected chi connectivity index (χ4v) is 2.69. The molecule has 1 aliphatic rings. The summed E-state index contributed by atoms with van der Waals surface area (Å²) in [5.41, 5.74) is -0.934. The quantitative estimate of drug-likeness (QED) is 0.802. The monoisotopic (exact) mass is 241 g/mol. The highest BCUT2D eigenvalue weighted by Crippen LogP contribution is 2.46. The molecule has 0 aromatic carbocycles. The van der Waals surface area contributed by atoms with E-state index < -0.39 is 11.5 Å². The van der Waals surface area contributed by atoms with Gasteiger partial charge in [-0.25, -0.2) is 4.79 Å². The third-order valence-electron chi connectivity index (χ3n) is 3.88. The highest BCUT2D eigenvalue weighted by Gasteiger charge is 2.55. The van der Waals surface area contributed by atoms with Crippen LogP contribution in [0.4, 0.5) is 0 Å². The molecule has 0 aliphatic heterocycles. The first-order chi connectivity index (χ1) is 7.85. The summed E-state index contributed by atoms with van der Waals surface area (Å²) < 4.78 is 0. The zero-order valence-corrected chi connectivity index (χ0v) is 11.2. The fourth-order valence-electron chi connectivity index (χ4n) is 2.69. The zero-order valence-electron chi connectivity index (χ0n) is 11.2. The third-order valence-corrected chi connectivity index (χ3v) is 3.88. The van der Waals surface area contributed by atoms with Crippen LogP contribution in [0, 0.1) is 11.8 Å². The number of rotatable bonds is 5. The van der Waals surface area contributed by atoms with Crippen LogP contribution >= 0.6 is 0 Å². The average molecular weight is 241 g/mol. The zero-order chi connectivity index (χ0) is 13.2. The molecule has 1 fully saturated rings. The van der Waals surface area contributed by atoms with E-state index in [4.69, 9.17) is 0 Å². The molecule has 1 amide bonds. The molecular weight excluding hydrogens is 218 g/mol. The number of carboxylic acids is 1. The van der Waals surface area contributed by atoms with Crippen molar-refractivity contribution in [3.8, 4) is 0 Å². The van der Waals surface area contributed by atoms with E-state index in [0.29, 0.717) is 31.2 Å². The van der Waals surface area contributed by atoms with Gasteiger partial charge in [0.25, 0.3) is 0 Å². The maximum atomic E-state index is 11.6. The average Bonchev–Trinajstić information content (AvgIpc) is 2.13. The second-order valence-electron chi connectivity index (χ2n) is 5.42. The second kappa shape index (κ2) is 5.07. The van der Waals surface area contributed by atoms with Crippen LogP contribution in [0.5, 0.6) is 0 Å². The Labute approximate surface area is 103 Å². The maximum Gasteiger partial charge on any atom is 0.329 e. The standard InChI is InChI=1S/C13H23NO3/c1-5-6-14(10(4)15)13(12(16)17)7-11(8-13)9(2)3/h9,11H,5-8H2,1-4H3,(H,16,17). The molecule has 0 spiro atoms. The first-order valence-corrected chi connectivity index (χ1v) is 6.36. The summed E-state index contributed by atoms with van der Waals surface area (Å²) in [4.78, 5) is 24.7. The number of aliphatic carboxylic acids is 1. The minimum absolute atomic E-state index is 0.128. The van der Waals surface area contributed by atoms with E-state index in [1.807, 2.05) is 6.92 Å². The minimum Gasteiger partial charge on any atom is -0.479 e. The molecule has 0 atom stereocenters. The topological polar surface area (TPSA) is 57.6 Å². The molecule has 1 rings (SSSR count). The van der Waals surface area contributed by atoms with Crippen molar-refractivity contribution < 1.29 is 14.7 Å². The van der Waals surface area contributed by atoms with Crippen molar-refractivity contribution in [2.24, 2.45) is 11.8 Å². The van der Waals surface area contributed by atoms with Crippen LogP contribution in [-0.2, 0) is 9.59 Å². The van der Waals surface area contributed by atoms with Crippen molar-refractivity contribution in [2.75, 3.05) is 6.54 Å². The second-order valence-corrected chi connectivity index (χ2v) is 5.42. The van der Waals surface area contributed by atoms with E-state index in [-0.39, 0.29) is 5.91 Å². The third kappa shape index (κ3) is 2.45. The Morgan fingerprint density at radius 2 is 1.94 bits per heavy atom. The molecule has 4 nitrogen and oxygen atoms in total. The van der Waals surface area contributed by atoms with E-state index in [9.17, 15) is 14.7 Å². The molecule has 98 valence electrons. The van der Waals surface area contributed by atoms with E-state index in [2.05, 4.69) is 13.8 Å². The summed E-state index contributed by atoms with van der Waals surface area (Å²) in [7, 11) is 0. The van der Waals surface area contributed by atoms with Gasteiger partial charge in [-0.2, -0.15) is 0 Å². The lowest BCUT2D eigenvalue weighted by Crippen LogP contribution is -2.64. The van der Waals surface area contributed by atoms with E-state index in [1.54, 1.807) is 4.90 Å². The van der Waals surface area contributed by atoms with E-state index >= 15 is 0 Å². The highest BCUT2D eigenvalue weighted by atomic mass is 16.4. The van der Waals surface area contributed by atoms with Gasteiger partial charge in [-0.05, 0) is 31.1 Å². The van der Waals surface area contributed by atoms with E-state index in [1.165, 1.54) is 6.92 Å². The number of hydrogen-bond donors (Lipinski definition) is 1. The molecule has 0 heterocycles. The molecular formula is C13H23NO3. The largest absolute Gasteiger partial charge is 0.479 e. The number of nitrogens with zero attached hydrogens (tertiary/aromatic N) is 1. The normalized spacial score (nSPS) is 27.7. The Balaban J connectivity index is 2.87. The number of carbonyl (C=O) groups is 2. The van der Waals surface area contributed by atoms with Gasteiger partial charge in [0, 0.05) is 13.5 Å². The van der Waals surface area contributed by atoms with Gasteiger partial charge in [0.2, 0.25) is 5.91 Å². The lowest BCUT2D eigenvalue weighted by Gasteiger charge is -2.52. The van der Waals surface area contributed by atoms with Crippen molar-refractivity contribution in [3.63, 3.8) is 0 Å². The Kier molecular flexibility index (Phi) is 4.17. The van der Waals surface area contributed by atoms with Crippen LogP contribution in [-0.4, -0.2) is 34.0 Å². The number of hydrogen-bond acceptors (Lipinski definition) is 2. The van der Waals surface area contributed by atoms with Crippen molar-refractivity contribution >= 4 is 11.9 Å². The predicted molar refractivity (Wildman–Crippen MR) is 65.6 cm³/mol. The summed E-state index contributed by atoms with van der Waals surface area (Å²) in [5.74, 6) is -0.0720.